The normalized spacial score (nSPS) is 25.2. The molecule has 5 rings (SSSR count). The molecule has 1 spiro atoms. The van der Waals surface area contributed by atoms with Gasteiger partial charge in [0.05, 0.1) is 16.3 Å². The molecule has 1 atom stereocenters. The van der Waals surface area contributed by atoms with Crippen molar-refractivity contribution < 1.29 is 9.53 Å². The summed E-state index contributed by atoms with van der Waals surface area (Å²) in [5.41, 5.74) is 2.58. The molecular formula is C21H28N4O2S. The standard InChI is InChI=1S/C21H28N4O2S/c1-15-12-28-19-18(15)22-14-23-20(19)24-8-6-21(7-9-24)5-4-17(26)25(13-21)11-16-3-2-10-27-16/h12,14,16H,2-11,13H2,1H3/t16-/m0/s1. The number of aryl methyl sites for hydroxylation is 1. The highest BCUT2D eigenvalue weighted by molar-refractivity contribution is 7.18. The van der Waals surface area contributed by atoms with Crippen molar-refractivity contribution >= 4 is 33.3 Å². The zero-order chi connectivity index (χ0) is 19.1. The van der Waals surface area contributed by atoms with Crippen LogP contribution in [-0.2, 0) is 9.53 Å². The summed E-state index contributed by atoms with van der Waals surface area (Å²) < 4.78 is 6.99. The van der Waals surface area contributed by atoms with Gasteiger partial charge in [0.1, 0.15) is 12.1 Å². The number of thiophene rings is 1. The largest absolute Gasteiger partial charge is 0.376 e. The SMILES string of the molecule is Cc1csc2c(N3CCC4(CCC(=O)N(C[C@@H]5CCCO5)C4)CC3)ncnc12. The molecule has 3 aliphatic heterocycles. The molecule has 0 radical (unpaired) electrons. The Hall–Kier alpha value is -1.73. The number of amides is 1. The second-order valence-corrected chi connectivity index (χ2v) is 9.57. The average molecular weight is 401 g/mol. The van der Waals surface area contributed by atoms with E-state index in [4.69, 9.17) is 4.74 Å². The van der Waals surface area contributed by atoms with E-state index in [-0.39, 0.29) is 11.5 Å². The van der Waals surface area contributed by atoms with E-state index in [2.05, 4.69) is 32.1 Å². The summed E-state index contributed by atoms with van der Waals surface area (Å²) in [7, 11) is 0. The van der Waals surface area contributed by atoms with Crippen LogP contribution < -0.4 is 4.90 Å². The molecule has 7 heteroatoms. The predicted octanol–water partition coefficient (Wildman–Crippen LogP) is 3.39. The third-order valence-electron chi connectivity index (χ3n) is 6.83. The Morgan fingerprint density at radius 3 is 2.93 bits per heavy atom. The lowest BCUT2D eigenvalue weighted by Crippen LogP contribution is -2.53. The lowest BCUT2D eigenvalue weighted by Gasteiger charge is -2.48. The summed E-state index contributed by atoms with van der Waals surface area (Å²) in [6.45, 7) is 6.66. The number of piperidine rings is 2. The average Bonchev–Trinajstić information content (AvgIpc) is 3.36. The zero-order valence-corrected chi connectivity index (χ0v) is 17.3. The topological polar surface area (TPSA) is 58.6 Å². The van der Waals surface area contributed by atoms with Gasteiger partial charge < -0.3 is 14.5 Å². The first-order chi connectivity index (χ1) is 13.6. The van der Waals surface area contributed by atoms with E-state index in [0.29, 0.717) is 12.3 Å². The monoisotopic (exact) mass is 400 g/mol. The van der Waals surface area contributed by atoms with Gasteiger partial charge in [0.15, 0.2) is 0 Å². The molecule has 0 bridgehead atoms. The maximum atomic E-state index is 12.5. The van der Waals surface area contributed by atoms with Crippen LogP contribution in [0.4, 0.5) is 5.82 Å². The molecule has 2 aromatic rings. The molecule has 3 fully saturated rings. The Morgan fingerprint density at radius 2 is 2.14 bits per heavy atom. The third-order valence-corrected chi connectivity index (χ3v) is 7.91. The fraction of sp³-hybridized carbons (Fsp3) is 0.667. The van der Waals surface area contributed by atoms with Gasteiger partial charge in [-0.3, -0.25) is 4.79 Å². The number of likely N-dealkylation sites (tertiary alicyclic amines) is 1. The minimum Gasteiger partial charge on any atom is -0.376 e. The van der Waals surface area contributed by atoms with Crippen LogP contribution >= 0.6 is 11.3 Å². The highest BCUT2D eigenvalue weighted by atomic mass is 32.1. The molecule has 5 heterocycles. The lowest BCUT2D eigenvalue weighted by atomic mass is 9.72. The Balaban J connectivity index is 1.28. The summed E-state index contributed by atoms with van der Waals surface area (Å²) >= 11 is 1.75. The molecule has 3 saturated heterocycles. The van der Waals surface area contributed by atoms with Gasteiger partial charge in [-0.15, -0.1) is 11.3 Å². The van der Waals surface area contributed by atoms with Crippen LogP contribution in [0.2, 0.25) is 0 Å². The van der Waals surface area contributed by atoms with Crippen molar-refractivity contribution in [1.82, 2.24) is 14.9 Å². The zero-order valence-electron chi connectivity index (χ0n) is 16.5. The quantitative estimate of drug-likeness (QED) is 0.790. The van der Waals surface area contributed by atoms with Crippen molar-refractivity contribution in [3.05, 3.63) is 17.3 Å². The van der Waals surface area contributed by atoms with Gasteiger partial charge in [-0.25, -0.2) is 9.97 Å². The molecule has 3 aliphatic rings. The van der Waals surface area contributed by atoms with Crippen LogP contribution in [0.5, 0.6) is 0 Å². The number of ether oxygens (including phenoxy) is 1. The highest BCUT2D eigenvalue weighted by Gasteiger charge is 2.42. The molecule has 0 aromatic carbocycles. The number of carbonyl (C=O) groups is 1. The number of hydrogen-bond donors (Lipinski definition) is 0. The predicted molar refractivity (Wildman–Crippen MR) is 111 cm³/mol. The van der Waals surface area contributed by atoms with Gasteiger partial charge in [-0.1, -0.05) is 0 Å². The van der Waals surface area contributed by atoms with Crippen LogP contribution in [0.3, 0.4) is 0 Å². The van der Waals surface area contributed by atoms with Crippen molar-refractivity contribution in [3.8, 4) is 0 Å². The summed E-state index contributed by atoms with van der Waals surface area (Å²) in [5, 5.41) is 2.17. The Kier molecular flexibility index (Phi) is 4.75. The van der Waals surface area contributed by atoms with E-state index in [1.165, 1.54) is 10.3 Å². The molecular weight excluding hydrogens is 372 g/mol. The van der Waals surface area contributed by atoms with E-state index in [9.17, 15) is 4.79 Å². The molecule has 2 aromatic heterocycles. The molecule has 28 heavy (non-hydrogen) atoms. The van der Waals surface area contributed by atoms with Crippen LogP contribution in [0.15, 0.2) is 11.7 Å². The summed E-state index contributed by atoms with van der Waals surface area (Å²) in [6.07, 6.45) is 8.13. The summed E-state index contributed by atoms with van der Waals surface area (Å²) in [5.74, 6) is 1.40. The third kappa shape index (κ3) is 3.28. The number of carbonyl (C=O) groups excluding carboxylic acids is 1. The van der Waals surface area contributed by atoms with Crippen molar-refractivity contribution in [1.29, 1.82) is 0 Å². The van der Waals surface area contributed by atoms with Gasteiger partial charge >= 0.3 is 0 Å². The van der Waals surface area contributed by atoms with E-state index in [0.717, 1.165) is 76.2 Å². The van der Waals surface area contributed by atoms with E-state index >= 15 is 0 Å². The van der Waals surface area contributed by atoms with Gasteiger partial charge in [-0.05, 0) is 55.4 Å². The van der Waals surface area contributed by atoms with Crippen molar-refractivity contribution in [2.45, 2.75) is 51.6 Å². The first kappa shape index (κ1) is 18.3. The number of hydrogen-bond acceptors (Lipinski definition) is 6. The van der Waals surface area contributed by atoms with Crippen molar-refractivity contribution in [2.24, 2.45) is 5.41 Å². The Morgan fingerprint density at radius 1 is 1.29 bits per heavy atom. The second kappa shape index (κ2) is 7.26. The molecule has 1 amide bonds. The van der Waals surface area contributed by atoms with Crippen LogP contribution in [0.25, 0.3) is 10.2 Å². The maximum absolute atomic E-state index is 12.5. The van der Waals surface area contributed by atoms with E-state index < -0.39 is 0 Å². The van der Waals surface area contributed by atoms with Gasteiger partial charge in [-0.2, -0.15) is 0 Å². The van der Waals surface area contributed by atoms with Crippen molar-refractivity contribution in [3.63, 3.8) is 0 Å². The van der Waals surface area contributed by atoms with Crippen LogP contribution in [-0.4, -0.2) is 59.7 Å². The van der Waals surface area contributed by atoms with Crippen LogP contribution in [0.1, 0.15) is 44.1 Å². The first-order valence-corrected chi connectivity index (χ1v) is 11.3. The Labute approximate surface area is 169 Å². The minimum absolute atomic E-state index is 0.246. The summed E-state index contributed by atoms with van der Waals surface area (Å²) in [4.78, 5) is 26.1. The van der Waals surface area contributed by atoms with E-state index in [1.807, 2.05) is 0 Å². The molecule has 0 unspecified atom stereocenters. The first-order valence-electron chi connectivity index (χ1n) is 10.5. The highest BCUT2D eigenvalue weighted by Crippen LogP contribution is 2.42. The number of fused-ring (bicyclic) bond motifs is 1. The van der Waals surface area contributed by atoms with Gasteiger partial charge in [0.25, 0.3) is 0 Å². The van der Waals surface area contributed by atoms with Crippen molar-refractivity contribution in [2.75, 3.05) is 37.7 Å². The van der Waals surface area contributed by atoms with Gasteiger partial charge in [0, 0.05) is 39.2 Å². The number of rotatable bonds is 3. The van der Waals surface area contributed by atoms with Gasteiger partial charge in [0.2, 0.25) is 5.91 Å². The molecule has 0 N–H and O–H groups in total. The molecule has 6 nitrogen and oxygen atoms in total. The summed E-state index contributed by atoms with van der Waals surface area (Å²) in [6, 6.07) is 0. The maximum Gasteiger partial charge on any atom is 0.222 e. The fourth-order valence-electron chi connectivity index (χ4n) is 5.09. The van der Waals surface area contributed by atoms with E-state index in [1.54, 1.807) is 17.7 Å². The number of nitrogens with zero attached hydrogens (tertiary/aromatic N) is 4. The molecule has 150 valence electrons. The molecule has 0 saturated carbocycles. The Bertz CT molecular complexity index is 868. The molecule has 0 aliphatic carbocycles. The number of anilines is 1. The lowest BCUT2D eigenvalue weighted by molar-refractivity contribution is -0.140. The van der Waals surface area contributed by atoms with Crippen LogP contribution in [0, 0.1) is 12.3 Å². The minimum atomic E-state index is 0.246. The second-order valence-electron chi connectivity index (χ2n) is 8.69. The smallest absolute Gasteiger partial charge is 0.222 e. The number of aromatic nitrogens is 2. The fourth-order valence-corrected chi connectivity index (χ4v) is 6.10.